The molecule has 98 heavy (non-hydrogen) atoms. The Bertz CT molecular complexity index is 6010. The summed E-state index contributed by atoms with van der Waals surface area (Å²) in [6, 6.07) is 124. The van der Waals surface area contributed by atoms with E-state index in [0.29, 0.717) is 0 Å². The van der Waals surface area contributed by atoms with E-state index in [2.05, 4.69) is 344 Å². The minimum absolute atomic E-state index is 0.345. The SMILES string of the molecule is c1ccc(-c2cccc(-c3cc(Nc4ccc5c(c4)Sc4ccccc4C54c5ccccc5-c5ccccc54)c4oc5ccccc5c4c3)c2)cc1.c1ccc(-c2cccc3sc4c(Nc5ccc6c(c5)Sc5ccccc5C65c6ccccc6-c6ccccc65)cccc4c23)cc1. The molecule has 460 valence electrons. The molecule has 6 heteroatoms. The summed E-state index contributed by atoms with van der Waals surface area (Å²) in [7, 11) is 0. The van der Waals surface area contributed by atoms with Gasteiger partial charge in [-0.25, -0.2) is 0 Å². The Hall–Kier alpha value is -11.4. The Kier molecular flexibility index (Phi) is 13.1. The summed E-state index contributed by atoms with van der Waals surface area (Å²) in [4.78, 5) is 5.16. The number of nitrogens with one attached hydrogen (secondary N) is 2. The average Bonchev–Trinajstić information content (AvgIpc) is 1.48. The van der Waals surface area contributed by atoms with Crippen molar-refractivity contribution in [2.24, 2.45) is 0 Å². The zero-order valence-electron chi connectivity index (χ0n) is 53.0. The van der Waals surface area contributed by atoms with Crippen LogP contribution in [0.5, 0.6) is 0 Å². The molecular formula is C92H58N2OS3. The lowest BCUT2D eigenvalue weighted by Crippen LogP contribution is -2.31. The summed E-state index contributed by atoms with van der Waals surface area (Å²) in [6.07, 6.45) is 0. The molecular weight excluding hydrogens is 1250 g/mol. The maximum atomic E-state index is 6.59. The second-order valence-corrected chi connectivity index (χ2v) is 29.0. The summed E-state index contributed by atoms with van der Waals surface area (Å²) in [5.41, 5.74) is 28.6. The first-order valence-corrected chi connectivity index (χ1v) is 35.9. The standard InChI is InChI=1S/C49H31NOS.C43H27NS2/c1-2-13-31(14-3-1)32-15-12-16-33(27-32)34-28-39-38-19-6-10-23-45(38)51-48(39)44(29-34)50-35-25-26-43-47(30-35)52-46-24-11-9-22-42(46)49(43)40-20-7-4-17-36(40)37-18-5-8-21-41(37)49;1-2-12-27(13-3-1)29-16-11-23-39-41(29)32-17-10-21-37(42(32)46-39)44-28-24-25-36-40(26-28)45-38-22-9-8-20-35(38)43(36)33-18-6-4-14-30(33)31-15-5-7-19-34(31)43/h1-30,50H;1-26,44H. The van der Waals surface area contributed by atoms with E-state index in [0.717, 1.165) is 55.8 Å². The van der Waals surface area contributed by atoms with Crippen molar-refractivity contribution < 1.29 is 4.42 Å². The van der Waals surface area contributed by atoms with Crippen LogP contribution in [0.2, 0.25) is 0 Å². The lowest BCUT2D eigenvalue weighted by Gasteiger charge is -2.39. The summed E-state index contributed by atoms with van der Waals surface area (Å²) < 4.78 is 9.18. The molecule has 0 fully saturated rings. The maximum absolute atomic E-state index is 6.59. The second kappa shape index (κ2) is 22.6. The van der Waals surface area contributed by atoms with Crippen LogP contribution in [0.3, 0.4) is 0 Å². The summed E-state index contributed by atoms with van der Waals surface area (Å²) >= 11 is 5.62. The van der Waals surface area contributed by atoms with Crippen LogP contribution in [-0.2, 0) is 10.8 Å². The molecule has 0 amide bonds. The summed E-state index contributed by atoms with van der Waals surface area (Å²) in [5.74, 6) is 0. The molecule has 2 aromatic heterocycles. The van der Waals surface area contributed by atoms with Crippen LogP contribution >= 0.6 is 34.9 Å². The van der Waals surface area contributed by atoms with Crippen LogP contribution in [0.25, 0.3) is 97.7 Å². The van der Waals surface area contributed by atoms with Gasteiger partial charge in [0.2, 0.25) is 0 Å². The van der Waals surface area contributed by atoms with E-state index in [1.54, 1.807) is 0 Å². The Morgan fingerprint density at radius 1 is 0.265 bits per heavy atom. The zero-order valence-corrected chi connectivity index (χ0v) is 55.4. The topological polar surface area (TPSA) is 37.2 Å². The van der Waals surface area contributed by atoms with E-state index < -0.39 is 5.41 Å². The Morgan fingerprint density at radius 3 is 1.30 bits per heavy atom. The van der Waals surface area contributed by atoms with Crippen molar-refractivity contribution in [3.63, 3.8) is 0 Å². The molecule has 0 saturated heterocycles. The average molecular weight is 1300 g/mol. The summed E-state index contributed by atoms with van der Waals surface area (Å²) in [6.45, 7) is 0. The molecule has 0 bridgehead atoms. The number of benzene rings is 15. The van der Waals surface area contributed by atoms with Crippen molar-refractivity contribution >= 4 is 99.7 Å². The minimum atomic E-state index is -0.390. The third-order valence-electron chi connectivity index (χ3n) is 20.6. The lowest BCUT2D eigenvalue weighted by atomic mass is 9.67. The third kappa shape index (κ3) is 8.64. The number of hydrogen-bond acceptors (Lipinski definition) is 6. The number of rotatable bonds is 7. The molecule has 0 atom stereocenters. The highest BCUT2D eigenvalue weighted by Crippen LogP contribution is 2.64. The van der Waals surface area contributed by atoms with Crippen molar-refractivity contribution in [1.82, 2.24) is 0 Å². The molecule has 2 spiro atoms. The van der Waals surface area contributed by atoms with Crippen LogP contribution in [0.1, 0.15) is 44.5 Å². The van der Waals surface area contributed by atoms with Crippen LogP contribution in [0, 0.1) is 0 Å². The van der Waals surface area contributed by atoms with E-state index in [1.165, 1.54) is 129 Å². The van der Waals surface area contributed by atoms with Gasteiger partial charge in [-0.15, -0.1) is 11.3 Å². The van der Waals surface area contributed by atoms with Gasteiger partial charge in [-0.05, 0) is 173 Å². The number of hydrogen-bond donors (Lipinski definition) is 2. The minimum Gasteiger partial charge on any atom is -0.454 e. The molecule has 17 aromatic rings. The first kappa shape index (κ1) is 56.9. The number of furan rings is 1. The van der Waals surface area contributed by atoms with E-state index >= 15 is 0 Å². The van der Waals surface area contributed by atoms with Crippen molar-refractivity contribution in [3.05, 3.63) is 384 Å². The molecule has 0 saturated carbocycles. The van der Waals surface area contributed by atoms with E-state index in [-0.39, 0.29) is 5.41 Å². The number of para-hydroxylation sites is 1. The van der Waals surface area contributed by atoms with Crippen molar-refractivity contribution in [2.45, 2.75) is 30.4 Å². The Balaban J connectivity index is 0.000000134. The van der Waals surface area contributed by atoms with Gasteiger partial charge in [0.15, 0.2) is 5.58 Å². The summed E-state index contributed by atoms with van der Waals surface area (Å²) in [5, 5.41) is 12.5. The molecule has 0 radical (unpaired) electrons. The fourth-order valence-electron chi connectivity index (χ4n) is 16.6. The number of thiophene rings is 1. The highest BCUT2D eigenvalue weighted by atomic mass is 32.2. The largest absolute Gasteiger partial charge is 0.454 e. The predicted octanol–water partition coefficient (Wildman–Crippen LogP) is 25.8. The Labute approximate surface area is 580 Å². The van der Waals surface area contributed by atoms with Crippen molar-refractivity contribution in [2.75, 3.05) is 10.6 Å². The van der Waals surface area contributed by atoms with Crippen LogP contribution in [-0.4, -0.2) is 0 Å². The fraction of sp³-hybridized carbons (Fsp3) is 0.0217. The van der Waals surface area contributed by atoms with Crippen LogP contribution in [0.15, 0.2) is 364 Å². The Morgan fingerprint density at radius 2 is 0.704 bits per heavy atom. The molecule has 2 N–H and O–H groups in total. The fourth-order valence-corrected chi connectivity index (χ4v) is 20.2. The van der Waals surface area contributed by atoms with Gasteiger partial charge in [-0.1, -0.05) is 290 Å². The smallest absolute Gasteiger partial charge is 0.158 e. The molecule has 0 unspecified atom stereocenters. The molecule has 4 heterocycles. The van der Waals surface area contributed by atoms with Crippen molar-refractivity contribution in [1.29, 1.82) is 0 Å². The van der Waals surface area contributed by atoms with Gasteiger partial charge in [0, 0.05) is 57.2 Å². The van der Waals surface area contributed by atoms with Crippen LogP contribution < -0.4 is 10.6 Å². The van der Waals surface area contributed by atoms with E-state index in [1.807, 2.05) is 40.9 Å². The quantitative estimate of drug-likeness (QED) is 0.166. The first-order chi connectivity index (χ1) is 48.6. The van der Waals surface area contributed by atoms with Gasteiger partial charge in [0.1, 0.15) is 5.58 Å². The van der Waals surface area contributed by atoms with Gasteiger partial charge in [-0.3, -0.25) is 0 Å². The van der Waals surface area contributed by atoms with E-state index in [9.17, 15) is 0 Å². The van der Waals surface area contributed by atoms with Gasteiger partial charge in [-0.2, -0.15) is 0 Å². The molecule has 4 aliphatic rings. The highest BCUT2D eigenvalue weighted by molar-refractivity contribution is 7.99. The van der Waals surface area contributed by atoms with Crippen molar-refractivity contribution in [3.8, 4) is 55.6 Å². The molecule has 3 nitrogen and oxygen atoms in total. The van der Waals surface area contributed by atoms with Gasteiger partial charge in [0.05, 0.1) is 26.9 Å². The zero-order chi connectivity index (χ0) is 64.5. The number of fused-ring (bicyclic) bond motifs is 24. The molecule has 21 rings (SSSR count). The van der Waals surface area contributed by atoms with Gasteiger partial charge < -0.3 is 15.1 Å². The van der Waals surface area contributed by atoms with E-state index in [4.69, 9.17) is 4.42 Å². The molecule has 2 aliphatic heterocycles. The highest BCUT2D eigenvalue weighted by Gasteiger charge is 2.51. The third-order valence-corrected chi connectivity index (χ3v) is 24.1. The monoisotopic (exact) mass is 1300 g/mol. The first-order valence-electron chi connectivity index (χ1n) is 33.4. The number of anilines is 4. The maximum Gasteiger partial charge on any atom is 0.158 e. The lowest BCUT2D eigenvalue weighted by molar-refractivity contribution is 0.670. The van der Waals surface area contributed by atoms with Gasteiger partial charge >= 0.3 is 0 Å². The van der Waals surface area contributed by atoms with Gasteiger partial charge in [0.25, 0.3) is 0 Å². The molecule has 15 aromatic carbocycles. The second-order valence-electron chi connectivity index (χ2n) is 25.8. The molecule has 2 aliphatic carbocycles. The predicted molar refractivity (Wildman–Crippen MR) is 412 cm³/mol. The van der Waals surface area contributed by atoms with Crippen LogP contribution in [0.4, 0.5) is 22.7 Å². The normalized spacial score (nSPS) is 13.6.